The molecule has 98 valence electrons. The van der Waals surface area contributed by atoms with E-state index in [0.717, 1.165) is 18.5 Å². The molecule has 1 amide bonds. The van der Waals surface area contributed by atoms with Crippen molar-refractivity contribution in [1.29, 1.82) is 0 Å². The van der Waals surface area contributed by atoms with Crippen molar-refractivity contribution in [2.45, 2.75) is 39.3 Å². The van der Waals surface area contributed by atoms with Crippen LogP contribution >= 0.6 is 0 Å². The van der Waals surface area contributed by atoms with Crippen LogP contribution in [0, 0.1) is 12.8 Å². The lowest BCUT2D eigenvalue weighted by Crippen LogP contribution is -2.55. The van der Waals surface area contributed by atoms with Crippen LogP contribution in [0.15, 0.2) is 18.5 Å². The number of pyridine rings is 1. The van der Waals surface area contributed by atoms with E-state index in [4.69, 9.17) is 0 Å². The summed E-state index contributed by atoms with van der Waals surface area (Å²) in [6, 6.07) is 2.37. The molecule has 0 aromatic carbocycles. The van der Waals surface area contributed by atoms with Crippen LogP contribution in [-0.2, 0) is 0 Å². The molecule has 1 aliphatic heterocycles. The van der Waals surface area contributed by atoms with Crippen molar-refractivity contribution in [3.05, 3.63) is 29.6 Å². The largest absolute Gasteiger partial charge is 0.347 e. The Hall–Kier alpha value is -1.42. The molecule has 0 radical (unpaired) electrons. The number of hydrogen-bond acceptors (Lipinski definition) is 3. The molecule has 2 rings (SSSR count). The lowest BCUT2D eigenvalue weighted by atomic mass is 9.89. The fraction of sp³-hybridized carbons (Fsp3) is 0.571. The van der Waals surface area contributed by atoms with E-state index in [1.54, 1.807) is 12.4 Å². The summed E-state index contributed by atoms with van der Waals surface area (Å²) in [7, 11) is 0. The predicted octanol–water partition coefficient (Wildman–Crippen LogP) is 1.51. The maximum atomic E-state index is 12.2. The van der Waals surface area contributed by atoms with Crippen molar-refractivity contribution in [2.75, 3.05) is 6.54 Å². The van der Waals surface area contributed by atoms with Gasteiger partial charge in [0.1, 0.15) is 0 Å². The van der Waals surface area contributed by atoms with E-state index in [1.165, 1.54) is 0 Å². The first-order chi connectivity index (χ1) is 8.58. The Bertz CT molecular complexity index is 423. The first-order valence-electron chi connectivity index (χ1n) is 6.54. The average Bonchev–Trinajstić information content (AvgIpc) is 2.34. The molecule has 0 spiro atoms. The number of aromatic nitrogens is 1. The Morgan fingerprint density at radius 2 is 2.22 bits per heavy atom. The molecule has 4 heteroatoms. The molecule has 0 saturated carbocycles. The van der Waals surface area contributed by atoms with Gasteiger partial charge in [0, 0.05) is 24.5 Å². The molecule has 3 unspecified atom stereocenters. The minimum Gasteiger partial charge on any atom is -0.347 e. The van der Waals surface area contributed by atoms with Gasteiger partial charge in [-0.25, -0.2) is 0 Å². The quantitative estimate of drug-likeness (QED) is 0.833. The third-order valence-corrected chi connectivity index (χ3v) is 3.65. The van der Waals surface area contributed by atoms with Crippen LogP contribution in [0.4, 0.5) is 0 Å². The van der Waals surface area contributed by atoms with Crippen LogP contribution < -0.4 is 10.6 Å². The average molecular weight is 247 g/mol. The van der Waals surface area contributed by atoms with E-state index in [1.807, 2.05) is 13.0 Å². The van der Waals surface area contributed by atoms with E-state index in [-0.39, 0.29) is 11.9 Å². The van der Waals surface area contributed by atoms with Crippen molar-refractivity contribution in [3.8, 4) is 0 Å². The molecule has 1 fully saturated rings. The van der Waals surface area contributed by atoms with E-state index < -0.39 is 0 Å². The van der Waals surface area contributed by atoms with Gasteiger partial charge in [0.2, 0.25) is 0 Å². The van der Waals surface area contributed by atoms with Gasteiger partial charge < -0.3 is 10.6 Å². The Balaban J connectivity index is 2.06. The summed E-state index contributed by atoms with van der Waals surface area (Å²) >= 11 is 0. The second-order valence-electron chi connectivity index (χ2n) is 5.26. The lowest BCUT2D eigenvalue weighted by molar-refractivity contribution is 0.0897. The van der Waals surface area contributed by atoms with Gasteiger partial charge in [-0.1, -0.05) is 6.92 Å². The van der Waals surface area contributed by atoms with E-state index in [9.17, 15) is 4.79 Å². The summed E-state index contributed by atoms with van der Waals surface area (Å²) in [6.45, 7) is 7.28. The number of rotatable bonds is 2. The maximum absolute atomic E-state index is 12.2. The van der Waals surface area contributed by atoms with Gasteiger partial charge in [-0.05, 0) is 44.4 Å². The standard InChI is InChI=1S/C14H21N3O/c1-9-6-12(8-15-7-9)14(18)17-13-10(2)4-5-16-11(13)3/h6-8,10-11,13,16H,4-5H2,1-3H3,(H,17,18). The number of aryl methyl sites for hydroxylation is 1. The third-order valence-electron chi connectivity index (χ3n) is 3.65. The number of piperidine rings is 1. The van der Waals surface area contributed by atoms with E-state index in [2.05, 4.69) is 29.5 Å². The van der Waals surface area contributed by atoms with Crippen molar-refractivity contribution in [3.63, 3.8) is 0 Å². The fourth-order valence-corrected chi connectivity index (χ4v) is 2.52. The first kappa shape index (κ1) is 13.0. The molecule has 1 aromatic rings. The highest BCUT2D eigenvalue weighted by atomic mass is 16.1. The SMILES string of the molecule is Cc1cncc(C(=O)NC2C(C)CCNC2C)c1. The van der Waals surface area contributed by atoms with Crippen LogP contribution in [0.5, 0.6) is 0 Å². The van der Waals surface area contributed by atoms with Gasteiger partial charge in [0.15, 0.2) is 0 Å². The number of nitrogens with zero attached hydrogens (tertiary/aromatic N) is 1. The van der Waals surface area contributed by atoms with E-state index in [0.29, 0.717) is 17.5 Å². The van der Waals surface area contributed by atoms with Crippen LogP contribution in [0.1, 0.15) is 36.2 Å². The van der Waals surface area contributed by atoms with E-state index >= 15 is 0 Å². The van der Waals surface area contributed by atoms with Crippen LogP contribution in [0.3, 0.4) is 0 Å². The number of carbonyl (C=O) groups is 1. The maximum Gasteiger partial charge on any atom is 0.253 e. The van der Waals surface area contributed by atoms with Gasteiger partial charge in [-0.15, -0.1) is 0 Å². The van der Waals surface area contributed by atoms with Crippen molar-refractivity contribution < 1.29 is 4.79 Å². The highest BCUT2D eigenvalue weighted by molar-refractivity contribution is 5.94. The number of hydrogen-bond donors (Lipinski definition) is 2. The Morgan fingerprint density at radius 1 is 1.44 bits per heavy atom. The smallest absolute Gasteiger partial charge is 0.253 e. The fourth-order valence-electron chi connectivity index (χ4n) is 2.52. The number of nitrogens with one attached hydrogen (secondary N) is 2. The molecule has 18 heavy (non-hydrogen) atoms. The van der Waals surface area contributed by atoms with Crippen molar-refractivity contribution in [1.82, 2.24) is 15.6 Å². The minimum atomic E-state index is -0.0291. The molecule has 1 aliphatic rings. The Labute approximate surface area is 108 Å². The molecule has 0 bridgehead atoms. The molecule has 2 heterocycles. The summed E-state index contributed by atoms with van der Waals surface area (Å²) in [5.74, 6) is 0.474. The lowest BCUT2D eigenvalue weighted by Gasteiger charge is -2.36. The monoisotopic (exact) mass is 247 g/mol. The molecule has 0 aliphatic carbocycles. The predicted molar refractivity (Wildman–Crippen MR) is 71.5 cm³/mol. The normalized spacial score (nSPS) is 27.8. The Morgan fingerprint density at radius 3 is 2.89 bits per heavy atom. The zero-order chi connectivity index (χ0) is 13.1. The van der Waals surface area contributed by atoms with Gasteiger partial charge in [-0.3, -0.25) is 9.78 Å². The molecule has 1 saturated heterocycles. The Kier molecular flexibility index (Phi) is 3.97. The molecular weight excluding hydrogens is 226 g/mol. The minimum absolute atomic E-state index is 0.0291. The zero-order valence-electron chi connectivity index (χ0n) is 11.2. The number of carbonyl (C=O) groups excluding carboxylic acids is 1. The molecule has 1 aromatic heterocycles. The topological polar surface area (TPSA) is 54.0 Å². The highest BCUT2D eigenvalue weighted by Gasteiger charge is 2.28. The summed E-state index contributed by atoms with van der Waals surface area (Å²) in [5.41, 5.74) is 1.64. The van der Waals surface area contributed by atoms with Gasteiger partial charge in [0.25, 0.3) is 5.91 Å². The summed E-state index contributed by atoms with van der Waals surface area (Å²) in [6.07, 6.45) is 4.47. The van der Waals surface area contributed by atoms with Crippen LogP contribution in [0.25, 0.3) is 0 Å². The van der Waals surface area contributed by atoms with Crippen LogP contribution in [-0.4, -0.2) is 29.5 Å². The summed E-state index contributed by atoms with van der Waals surface area (Å²) in [4.78, 5) is 16.2. The summed E-state index contributed by atoms with van der Waals surface area (Å²) in [5, 5.41) is 6.52. The van der Waals surface area contributed by atoms with Crippen molar-refractivity contribution >= 4 is 5.91 Å². The second kappa shape index (κ2) is 5.48. The highest BCUT2D eigenvalue weighted by Crippen LogP contribution is 2.16. The zero-order valence-corrected chi connectivity index (χ0v) is 11.2. The number of amides is 1. The third kappa shape index (κ3) is 2.88. The summed E-state index contributed by atoms with van der Waals surface area (Å²) < 4.78 is 0. The second-order valence-corrected chi connectivity index (χ2v) is 5.26. The van der Waals surface area contributed by atoms with Crippen molar-refractivity contribution in [2.24, 2.45) is 5.92 Å². The molecule has 2 N–H and O–H groups in total. The van der Waals surface area contributed by atoms with Gasteiger partial charge >= 0.3 is 0 Å². The van der Waals surface area contributed by atoms with Gasteiger partial charge in [0.05, 0.1) is 5.56 Å². The first-order valence-corrected chi connectivity index (χ1v) is 6.54. The molecular formula is C14H21N3O. The van der Waals surface area contributed by atoms with Crippen LogP contribution in [0.2, 0.25) is 0 Å². The van der Waals surface area contributed by atoms with Gasteiger partial charge in [-0.2, -0.15) is 0 Å². The molecule has 4 nitrogen and oxygen atoms in total. The molecule has 3 atom stereocenters.